The molecule has 136 valence electrons. The molecule has 0 radical (unpaired) electrons. The molecule has 2 N–H and O–H groups in total. The highest BCUT2D eigenvalue weighted by Crippen LogP contribution is 2.16. The van der Waals surface area contributed by atoms with Crippen LogP contribution >= 0.6 is 0 Å². The normalized spacial score (nSPS) is 10.7. The summed E-state index contributed by atoms with van der Waals surface area (Å²) in [5, 5.41) is 17.5. The number of rotatable bonds is 4. The maximum atomic E-state index is 12.3. The van der Waals surface area contributed by atoms with Crippen LogP contribution in [0.4, 0.5) is 20.2 Å². The zero-order chi connectivity index (χ0) is 19.2. The minimum atomic E-state index is -1.92. The van der Waals surface area contributed by atoms with Crippen LogP contribution in [0.1, 0.15) is 27.2 Å². The van der Waals surface area contributed by atoms with Gasteiger partial charge in [0.05, 0.1) is 0 Å². The predicted molar refractivity (Wildman–Crippen MR) is 85.3 cm³/mol. The number of amides is 4. The lowest BCUT2D eigenvalue weighted by Gasteiger charge is -2.26. The van der Waals surface area contributed by atoms with E-state index >= 15 is 0 Å². The van der Waals surface area contributed by atoms with Gasteiger partial charge in [-0.3, -0.25) is 9.69 Å². The highest BCUT2D eigenvalue weighted by atomic mass is 16.6. The molecular formula is C15H19N3O7. The summed E-state index contributed by atoms with van der Waals surface area (Å²) >= 11 is 0. The lowest BCUT2D eigenvalue weighted by Crippen LogP contribution is -2.43. The van der Waals surface area contributed by atoms with E-state index in [9.17, 15) is 19.2 Å². The van der Waals surface area contributed by atoms with Crippen molar-refractivity contribution in [1.82, 2.24) is 9.88 Å². The molecule has 0 atom stereocenters. The second kappa shape index (κ2) is 8.08. The van der Waals surface area contributed by atoms with Gasteiger partial charge >= 0.3 is 18.3 Å². The molecule has 0 saturated carbocycles. The summed E-state index contributed by atoms with van der Waals surface area (Å²) in [7, 11) is 0. The Bertz CT molecular complexity index is 641. The van der Waals surface area contributed by atoms with Crippen LogP contribution in [-0.4, -0.2) is 56.4 Å². The molecule has 0 aromatic carbocycles. The average molecular weight is 353 g/mol. The Kier molecular flexibility index (Phi) is 6.43. The zero-order valence-corrected chi connectivity index (χ0v) is 14.0. The third-order valence-electron chi connectivity index (χ3n) is 2.72. The van der Waals surface area contributed by atoms with Gasteiger partial charge in [-0.05, 0) is 32.9 Å². The molecule has 0 aliphatic carbocycles. The molecule has 25 heavy (non-hydrogen) atoms. The Balaban J connectivity index is 2.95. The van der Waals surface area contributed by atoms with Gasteiger partial charge in [0.15, 0.2) is 0 Å². The molecule has 1 aromatic rings. The molecular weight excluding hydrogens is 334 g/mol. The molecule has 0 unspecified atom stereocenters. The van der Waals surface area contributed by atoms with E-state index in [4.69, 9.17) is 14.9 Å². The Morgan fingerprint density at radius 3 is 2.16 bits per heavy atom. The molecule has 1 rings (SSSR count). The number of anilines is 1. The summed E-state index contributed by atoms with van der Waals surface area (Å²) < 4.78 is 5.23. The van der Waals surface area contributed by atoms with Gasteiger partial charge in [-0.15, -0.1) is 4.90 Å². The van der Waals surface area contributed by atoms with Crippen molar-refractivity contribution in [2.75, 3.05) is 11.4 Å². The van der Waals surface area contributed by atoms with Gasteiger partial charge in [-0.25, -0.2) is 19.4 Å². The Morgan fingerprint density at radius 2 is 1.72 bits per heavy atom. The summed E-state index contributed by atoms with van der Waals surface area (Å²) in [6.45, 7) is 4.66. The van der Waals surface area contributed by atoms with E-state index in [0.717, 1.165) is 4.90 Å². The number of carbonyl (C=O) groups excluding carboxylic acids is 2. The van der Waals surface area contributed by atoms with Crippen molar-refractivity contribution in [2.45, 2.75) is 32.8 Å². The Labute approximate surface area is 143 Å². The largest absolute Gasteiger partial charge is 0.464 e. The molecule has 0 spiro atoms. The fourth-order valence-electron chi connectivity index (χ4n) is 1.74. The van der Waals surface area contributed by atoms with Crippen molar-refractivity contribution >= 4 is 30.0 Å². The third-order valence-corrected chi connectivity index (χ3v) is 2.72. The van der Waals surface area contributed by atoms with Crippen molar-refractivity contribution in [1.29, 1.82) is 0 Å². The number of imide groups is 3. The molecule has 0 aliphatic rings. The average Bonchev–Trinajstić information content (AvgIpc) is 2.45. The minimum Gasteiger partial charge on any atom is -0.464 e. The first kappa shape index (κ1) is 19.9. The number of pyridine rings is 1. The van der Waals surface area contributed by atoms with Crippen molar-refractivity contribution < 1.29 is 34.1 Å². The fraction of sp³-hybridized carbons (Fsp3) is 0.400. The zero-order valence-electron chi connectivity index (χ0n) is 14.0. The maximum absolute atomic E-state index is 12.3. The van der Waals surface area contributed by atoms with Crippen LogP contribution in [0.3, 0.4) is 0 Å². The van der Waals surface area contributed by atoms with Gasteiger partial charge in [0, 0.05) is 19.2 Å². The molecule has 10 nitrogen and oxygen atoms in total. The van der Waals surface area contributed by atoms with Crippen LogP contribution < -0.4 is 4.90 Å². The summed E-state index contributed by atoms with van der Waals surface area (Å²) in [6, 6.07) is 4.74. The van der Waals surface area contributed by atoms with Crippen LogP contribution in [0, 0.1) is 0 Å². The van der Waals surface area contributed by atoms with Crippen LogP contribution in [-0.2, 0) is 9.53 Å². The molecule has 0 bridgehead atoms. The summed E-state index contributed by atoms with van der Waals surface area (Å²) in [6.07, 6.45) is -3.75. The van der Waals surface area contributed by atoms with E-state index in [2.05, 4.69) is 4.98 Å². The summed E-state index contributed by atoms with van der Waals surface area (Å²) in [5.74, 6) is -1.01. The number of hydrogen-bond donors (Lipinski definition) is 2. The van der Waals surface area contributed by atoms with Crippen molar-refractivity contribution in [2.24, 2.45) is 0 Å². The third kappa shape index (κ3) is 6.09. The number of aromatic nitrogens is 1. The fourth-order valence-corrected chi connectivity index (χ4v) is 1.74. The Hall–Kier alpha value is -3.17. The van der Waals surface area contributed by atoms with Gasteiger partial charge in [-0.2, -0.15) is 0 Å². The van der Waals surface area contributed by atoms with Gasteiger partial charge in [0.25, 0.3) is 0 Å². The highest BCUT2D eigenvalue weighted by Gasteiger charge is 2.30. The quantitative estimate of drug-likeness (QED) is 0.841. The van der Waals surface area contributed by atoms with E-state index < -0.39 is 36.2 Å². The number of carboxylic acid groups (broad SMARTS) is 2. The second-order valence-electron chi connectivity index (χ2n) is 5.86. The van der Waals surface area contributed by atoms with E-state index in [1.54, 1.807) is 32.9 Å². The number of ether oxygens (including phenoxy) is 1. The Morgan fingerprint density at radius 1 is 1.12 bits per heavy atom. The first-order valence-electron chi connectivity index (χ1n) is 7.23. The predicted octanol–water partition coefficient (Wildman–Crippen LogP) is 2.40. The van der Waals surface area contributed by atoms with Crippen molar-refractivity contribution in [3.8, 4) is 0 Å². The first-order chi connectivity index (χ1) is 11.5. The molecule has 4 amide bonds. The smallest absolute Gasteiger partial charge is 0.423 e. The van der Waals surface area contributed by atoms with Gasteiger partial charge in [0.2, 0.25) is 5.91 Å². The molecule has 0 aliphatic heterocycles. The maximum Gasteiger partial charge on any atom is 0.423 e. The molecule has 10 heteroatoms. The van der Waals surface area contributed by atoms with Crippen LogP contribution in [0.2, 0.25) is 0 Å². The monoisotopic (exact) mass is 353 g/mol. The van der Waals surface area contributed by atoms with Gasteiger partial charge < -0.3 is 14.9 Å². The SMILES string of the molecule is CC(C)(C)OC(=O)N(CCC(=O)N(C(=O)O)C(=O)O)c1ccccn1. The topological polar surface area (TPSA) is 137 Å². The molecule has 0 saturated heterocycles. The van der Waals surface area contributed by atoms with E-state index in [-0.39, 0.29) is 17.3 Å². The first-order valence-corrected chi connectivity index (χ1v) is 7.23. The minimum absolute atomic E-state index is 0.182. The number of carbonyl (C=O) groups is 4. The lowest BCUT2D eigenvalue weighted by atomic mass is 10.2. The van der Waals surface area contributed by atoms with Gasteiger partial charge in [0.1, 0.15) is 11.4 Å². The van der Waals surface area contributed by atoms with Gasteiger partial charge in [-0.1, -0.05) is 6.07 Å². The van der Waals surface area contributed by atoms with Crippen molar-refractivity contribution in [3.63, 3.8) is 0 Å². The van der Waals surface area contributed by atoms with E-state index in [1.807, 2.05) is 0 Å². The molecule has 1 heterocycles. The number of nitrogens with zero attached hydrogens (tertiary/aromatic N) is 3. The molecule has 0 fully saturated rings. The second-order valence-corrected chi connectivity index (χ2v) is 5.86. The molecule has 1 aromatic heterocycles. The lowest BCUT2D eigenvalue weighted by molar-refractivity contribution is -0.127. The highest BCUT2D eigenvalue weighted by molar-refractivity contribution is 6.05. The van der Waals surface area contributed by atoms with Crippen LogP contribution in [0.5, 0.6) is 0 Å². The van der Waals surface area contributed by atoms with Crippen LogP contribution in [0.25, 0.3) is 0 Å². The van der Waals surface area contributed by atoms with E-state index in [0.29, 0.717) is 0 Å². The van der Waals surface area contributed by atoms with Crippen molar-refractivity contribution in [3.05, 3.63) is 24.4 Å². The summed E-state index contributed by atoms with van der Waals surface area (Å²) in [4.78, 5) is 50.5. The summed E-state index contributed by atoms with van der Waals surface area (Å²) in [5.41, 5.74) is -0.803. The standard InChI is InChI=1S/C15H19N3O7/c1-15(2,3)25-14(24)17(10-6-4-5-8-16-10)9-7-11(19)18(12(20)21)13(22)23/h4-6,8H,7,9H2,1-3H3,(H,20,21)(H,22,23). The number of hydrogen-bond acceptors (Lipinski definition) is 6. The van der Waals surface area contributed by atoms with Crippen LogP contribution in [0.15, 0.2) is 24.4 Å². The van der Waals surface area contributed by atoms with E-state index in [1.165, 1.54) is 12.3 Å².